The molecular weight excluding hydrogens is 614 g/mol. The molecule has 0 unspecified atom stereocenters. The summed E-state index contributed by atoms with van der Waals surface area (Å²) in [6.07, 6.45) is 12.8. The molecule has 0 radical (unpaired) electrons. The molecule has 7 rings (SSSR count). The largest absolute Gasteiger partial charge is 0.369 e. The van der Waals surface area contributed by atoms with Gasteiger partial charge in [0.2, 0.25) is 11.8 Å². The summed E-state index contributed by atoms with van der Waals surface area (Å²) in [4.78, 5) is 76.2. The number of carbonyl (C=O) groups is 4. The third-order valence-corrected chi connectivity index (χ3v) is 6.38. The highest BCUT2D eigenvalue weighted by molar-refractivity contribution is 6.02. The molecule has 0 atom stereocenters. The molecule has 7 aromatic rings. The zero-order valence-corrected chi connectivity index (χ0v) is 25.6. The van der Waals surface area contributed by atoms with Crippen LogP contribution in [-0.4, -0.2) is 58.7 Å². The monoisotopic (exact) mass is 643 g/mol. The minimum atomic E-state index is -0.579. The van der Waals surface area contributed by atoms with Crippen LogP contribution in [0.1, 0.15) is 18.5 Å². The van der Waals surface area contributed by atoms with E-state index in [-0.39, 0.29) is 24.3 Å². The van der Waals surface area contributed by atoms with Gasteiger partial charge in [-0.05, 0) is 61.5 Å². The second-order valence-electron chi connectivity index (χ2n) is 9.70. The smallest absolute Gasteiger partial charge is 0.273 e. The van der Waals surface area contributed by atoms with Crippen molar-refractivity contribution in [3.8, 4) is 0 Å². The Hall–Kier alpha value is -6.83. The van der Waals surface area contributed by atoms with Crippen molar-refractivity contribution in [2.75, 3.05) is 5.32 Å². The predicted octanol–water partition coefficient (Wildman–Crippen LogP) is 3.40. The van der Waals surface area contributed by atoms with Crippen LogP contribution >= 0.6 is 0 Å². The Morgan fingerprint density at radius 1 is 0.708 bits per heavy atom. The normalized spacial score (nSPS) is 10.0. The van der Waals surface area contributed by atoms with Crippen molar-refractivity contribution in [2.45, 2.75) is 19.8 Å². The number of rotatable bonds is 5. The molecule has 0 saturated carbocycles. The molecular formula is C34H29N9O5. The Kier molecular flexibility index (Phi) is 12.1. The van der Waals surface area contributed by atoms with Crippen molar-refractivity contribution in [2.24, 2.45) is 5.73 Å². The highest BCUT2D eigenvalue weighted by atomic mass is 16.2. The maximum Gasteiger partial charge on any atom is 0.273 e. The van der Waals surface area contributed by atoms with E-state index in [2.05, 4.69) is 41.0 Å². The summed E-state index contributed by atoms with van der Waals surface area (Å²) in [5.41, 5.74) is 8.59. The number of hydrogen-bond donors (Lipinski definition) is 2. The Balaban J connectivity index is 0.000000152. The first kappa shape index (κ1) is 34.1. The molecule has 0 aliphatic carbocycles. The summed E-state index contributed by atoms with van der Waals surface area (Å²) in [6.45, 7) is 1.99. The van der Waals surface area contributed by atoms with E-state index in [1.165, 1.54) is 6.07 Å². The van der Waals surface area contributed by atoms with Gasteiger partial charge in [0.1, 0.15) is 24.0 Å². The molecule has 240 valence electrons. The summed E-state index contributed by atoms with van der Waals surface area (Å²) >= 11 is 0. The molecule has 7 aromatic heterocycles. The molecule has 0 fully saturated rings. The van der Waals surface area contributed by atoms with E-state index in [0.29, 0.717) is 24.0 Å². The van der Waals surface area contributed by atoms with E-state index >= 15 is 0 Å². The van der Waals surface area contributed by atoms with Crippen LogP contribution in [0.15, 0.2) is 109 Å². The van der Waals surface area contributed by atoms with Gasteiger partial charge in [-0.25, -0.2) is 4.98 Å². The van der Waals surface area contributed by atoms with E-state index in [1.807, 2.05) is 60.0 Å². The SMILES string of the molecule is Cc1nccc2ncccc12.NC(=O)CC=O.O=CCC(=O)Nc1nccc2ncccc12.O=c1ccn2ccc3ncccc3c2n1. The third-order valence-electron chi connectivity index (χ3n) is 6.38. The van der Waals surface area contributed by atoms with Gasteiger partial charge < -0.3 is 25.0 Å². The van der Waals surface area contributed by atoms with Crippen LogP contribution in [0.2, 0.25) is 0 Å². The standard InChI is InChI=1S/C11H9N3O2.C11H7N3O.C9H8N2.C3H5NO2/c15-7-4-10(16)14-11-8-2-1-5-12-9(8)3-6-13-11;15-10-4-7-14-6-3-9-8(11(14)13-10)2-1-5-12-9;1-7-8-3-2-5-11-9(8)4-6-10-7;4-3(6)1-2-5/h1-3,5-7H,4H2,(H,13,14,16);1-7H;2-6H,1H3;2H,1H2,(H2,4,6). The minimum Gasteiger partial charge on any atom is -0.369 e. The van der Waals surface area contributed by atoms with Crippen molar-refractivity contribution >= 4 is 68.6 Å². The van der Waals surface area contributed by atoms with Gasteiger partial charge in [0, 0.05) is 71.3 Å². The van der Waals surface area contributed by atoms with E-state index in [4.69, 9.17) is 0 Å². The lowest BCUT2D eigenvalue weighted by Gasteiger charge is -2.05. The second kappa shape index (κ2) is 17.0. The van der Waals surface area contributed by atoms with E-state index in [0.717, 1.165) is 38.4 Å². The lowest BCUT2D eigenvalue weighted by Crippen LogP contribution is -2.12. The number of nitrogens with one attached hydrogen (secondary N) is 1. The summed E-state index contributed by atoms with van der Waals surface area (Å²) in [6, 6.07) is 18.3. The summed E-state index contributed by atoms with van der Waals surface area (Å²) in [5, 5.41) is 5.34. The van der Waals surface area contributed by atoms with Gasteiger partial charge in [-0.15, -0.1) is 0 Å². The fourth-order valence-corrected chi connectivity index (χ4v) is 4.21. The summed E-state index contributed by atoms with van der Waals surface area (Å²) in [5.74, 6) is -0.527. The van der Waals surface area contributed by atoms with Gasteiger partial charge in [-0.2, -0.15) is 4.98 Å². The Morgan fingerprint density at radius 2 is 1.27 bits per heavy atom. The molecule has 7 heterocycles. The number of primary amides is 1. The first-order valence-electron chi connectivity index (χ1n) is 14.3. The molecule has 0 saturated heterocycles. The number of aromatic nitrogens is 7. The van der Waals surface area contributed by atoms with Crippen LogP contribution < -0.4 is 16.6 Å². The number of aldehydes is 2. The molecule has 2 amide bonds. The van der Waals surface area contributed by atoms with Crippen molar-refractivity contribution < 1.29 is 19.2 Å². The number of nitrogens with zero attached hydrogens (tertiary/aromatic N) is 7. The number of pyridine rings is 6. The number of aryl methyl sites for hydroxylation is 1. The summed E-state index contributed by atoms with van der Waals surface area (Å²) < 4.78 is 1.81. The molecule has 14 heteroatoms. The number of fused-ring (bicyclic) bond motifs is 5. The van der Waals surface area contributed by atoms with Gasteiger partial charge in [0.15, 0.2) is 0 Å². The third kappa shape index (κ3) is 9.34. The number of carbonyl (C=O) groups excluding carboxylic acids is 4. The quantitative estimate of drug-likeness (QED) is 0.158. The van der Waals surface area contributed by atoms with Crippen molar-refractivity contribution in [1.29, 1.82) is 0 Å². The average molecular weight is 644 g/mol. The lowest BCUT2D eigenvalue weighted by molar-refractivity contribution is -0.122. The second-order valence-corrected chi connectivity index (χ2v) is 9.70. The van der Waals surface area contributed by atoms with Crippen molar-refractivity contribution in [3.63, 3.8) is 0 Å². The number of anilines is 1. The molecule has 0 bridgehead atoms. The Morgan fingerprint density at radius 3 is 1.88 bits per heavy atom. The fourth-order valence-electron chi connectivity index (χ4n) is 4.21. The lowest BCUT2D eigenvalue weighted by atomic mass is 10.2. The fraction of sp³-hybridized carbons (Fsp3) is 0.0882. The predicted molar refractivity (Wildman–Crippen MR) is 180 cm³/mol. The number of hydrogen-bond acceptors (Lipinski definition) is 11. The van der Waals surface area contributed by atoms with Crippen molar-refractivity contribution in [1.82, 2.24) is 34.3 Å². The highest BCUT2D eigenvalue weighted by Crippen LogP contribution is 2.18. The van der Waals surface area contributed by atoms with Gasteiger partial charge in [0.05, 0.1) is 29.4 Å². The molecule has 0 spiro atoms. The summed E-state index contributed by atoms with van der Waals surface area (Å²) in [7, 11) is 0. The van der Waals surface area contributed by atoms with Crippen LogP contribution in [0.25, 0.3) is 38.4 Å². The molecule has 0 aliphatic heterocycles. The minimum absolute atomic E-state index is 0.167. The Bertz CT molecular complexity index is 2260. The van der Waals surface area contributed by atoms with Crippen LogP contribution in [0, 0.1) is 6.92 Å². The number of nitrogens with two attached hydrogens (primary N) is 1. The van der Waals surface area contributed by atoms with E-state index in [1.54, 1.807) is 49.3 Å². The zero-order valence-electron chi connectivity index (χ0n) is 25.6. The zero-order chi connectivity index (χ0) is 34.3. The maximum atomic E-state index is 11.3. The molecule has 3 N–H and O–H groups in total. The van der Waals surface area contributed by atoms with Crippen molar-refractivity contribution in [3.05, 3.63) is 120 Å². The average Bonchev–Trinajstić information content (AvgIpc) is 3.10. The first-order chi connectivity index (χ1) is 23.3. The highest BCUT2D eigenvalue weighted by Gasteiger charge is 2.06. The molecule has 48 heavy (non-hydrogen) atoms. The topological polar surface area (TPSA) is 205 Å². The van der Waals surface area contributed by atoms with E-state index in [9.17, 15) is 24.0 Å². The first-order valence-corrected chi connectivity index (χ1v) is 14.3. The van der Waals surface area contributed by atoms with Crippen LogP contribution in [-0.2, 0) is 19.2 Å². The van der Waals surface area contributed by atoms with E-state index < -0.39 is 5.91 Å². The van der Waals surface area contributed by atoms with Gasteiger partial charge in [0.25, 0.3) is 5.56 Å². The Labute approximate surface area is 272 Å². The van der Waals surface area contributed by atoms with Crippen LogP contribution in [0.3, 0.4) is 0 Å². The van der Waals surface area contributed by atoms with Crippen LogP contribution in [0.5, 0.6) is 0 Å². The molecule has 0 aliphatic rings. The molecule has 14 nitrogen and oxygen atoms in total. The number of amides is 2. The molecule has 0 aromatic carbocycles. The van der Waals surface area contributed by atoms with Gasteiger partial charge in [-0.1, -0.05) is 0 Å². The van der Waals surface area contributed by atoms with Gasteiger partial charge in [-0.3, -0.25) is 34.3 Å². The van der Waals surface area contributed by atoms with Gasteiger partial charge >= 0.3 is 0 Å². The maximum absolute atomic E-state index is 11.3. The van der Waals surface area contributed by atoms with Crippen LogP contribution in [0.4, 0.5) is 5.82 Å².